The highest BCUT2D eigenvalue weighted by atomic mass is 32.3. The van der Waals surface area contributed by atoms with Crippen LogP contribution in [0.25, 0.3) is 0 Å². The summed E-state index contributed by atoms with van der Waals surface area (Å²) in [5.74, 6) is 0. The van der Waals surface area contributed by atoms with E-state index in [1.807, 2.05) is 0 Å². The molecule has 2 heterocycles. The maximum absolute atomic E-state index is 2.45. The fraction of sp³-hybridized carbons (Fsp3) is 0.118. The van der Waals surface area contributed by atoms with Crippen LogP contribution in [0.2, 0.25) is 0 Å². The Hall–Kier alpha value is -3.99. The second-order valence-electron chi connectivity index (χ2n) is 10.1. The second kappa shape index (κ2) is 10.1. The molecule has 0 bridgehead atoms. The lowest BCUT2D eigenvalue weighted by Gasteiger charge is -2.29. The molecule has 6 rings (SSSR count). The molecule has 2 unspecified atom stereocenters. The van der Waals surface area contributed by atoms with E-state index in [1.165, 1.54) is 43.3 Å². The summed E-state index contributed by atoms with van der Waals surface area (Å²) >= 11 is 0. The standard InChI is InChI=1S/C34H33N3S/c1-35-31-23-15-16-24-32(31)38(2,3)34(35)26-12-6-11-25-33-36(27-17-7-4-8-18-27)29-21-13-14-22-30(29)37(33)28-19-9-5-10-20-28/h4-26,33H,1-3H3/p+1/b12-6+,25-11+,34-26-. The number of anilines is 3. The van der Waals surface area contributed by atoms with Gasteiger partial charge in [0, 0.05) is 23.7 Å². The van der Waals surface area contributed by atoms with Crippen LogP contribution in [0.5, 0.6) is 0 Å². The van der Waals surface area contributed by atoms with Gasteiger partial charge in [0.25, 0.3) is 0 Å². The molecule has 190 valence electrons. The summed E-state index contributed by atoms with van der Waals surface area (Å²) in [4.78, 5) is 7.60. The third-order valence-corrected chi connectivity index (χ3v) is 10.4. The predicted molar refractivity (Wildman–Crippen MR) is 164 cm³/mol. The van der Waals surface area contributed by atoms with Crippen molar-refractivity contribution in [3.8, 4) is 0 Å². The molecule has 4 aromatic carbocycles. The molecule has 38 heavy (non-hydrogen) atoms. The first-order chi connectivity index (χ1) is 18.6. The molecule has 1 N–H and O–H groups in total. The molecule has 0 aromatic heterocycles. The van der Waals surface area contributed by atoms with E-state index in [0.29, 0.717) is 0 Å². The van der Waals surface area contributed by atoms with Gasteiger partial charge in [-0.2, -0.15) is 10.0 Å². The van der Waals surface area contributed by atoms with Gasteiger partial charge < -0.3 is 4.90 Å². The van der Waals surface area contributed by atoms with Crippen molar-refractivity contribution in [3.63, 3.8) is 0 Å². The summed E-state index contributed by atoms with van der Waals surface area (Å²) in [6.07, 6.45) is 16.1. The van der Waals surface area contributed by atoms with Crippen LogP contribution < -0.4 is 14.7 Å². The SMILES string of the molecule is CN1/C(=C/C=C/C=C/C2N(c3ccccc3)c3ccccc3[NH+]2c2ccccc2)S(C)(C)c2ccccc21. The van der Waals surface area contributed by atoms with E-state index in [2.05, 4.69) is 169 Å². The van der Waals surface area contributed by atoms with Gasteiger partial charge in [-0.05, 0) is 67.1 Å². The van der Waals surface area contributed by atoms with Crippen LogP contribution in [0.4, 0.5) is 28.4 Å². The van der Waals surface area contributed by atoms with Crippen molar-refractivity contribution >= 4 is 38.5 Å². The van der Waals surface area contributed by atoms with Gasteiger partial charge in [-0.1, -0.05) is 78.9 Å². The number of para-hydroxylation sites is 5. The molecule has 0 saturated heterocycles. The van der Waals surface area contributed by atoms with Gasteiger partial charge >= 0.3 is 0 Å². The molecule has 2 aliphatic heterocycles. The molecular formula is C34H34N3S+. The van der Waals surface area contributed by atoms with Crippen LogP contribution in [0.3, 0.4) is 0 Å². The molecule has 3 nitrogen and oxygen atoms in total. The van der Waals surface area contributed by atoms with E-state index in [4.69, 9.17) is 0 Å². The lowest BCUT2D eigenvalue weighted by Crippen LogP contribution is -3.06. The zero-order valence-corrected chi connectivity index (χ0v) is 23.0. The topological polar surface area (TPSA) is 10.9 Å². The second-order valence-corrected chi connectivity index (χ2v) is 13.6. The average molecular weight is 517 g/mol. The van der Waals surface area contributed by atoms with E-state index in [9.17, 15) is 0 Å². The molecule has 2 atom stereocenters. The predicted octanol–water partition coefficient (Wildman–Crippen LogP) is 7.54. The Kier molecular flexibility index (Phi) is 6.44. The maximum atomic E-state index is 2.45. The fourth-order valence-electron chi connectivity index (χ4n) is 5.76. The number of quaternary nitrogens is 1. The Morgan fingerprint density at radius 3 is 2.05 bits per heavy atom. The van der Waals surface area contributed by atoms with Crippen LogP contribution in [0, 0.1) is 0 Å². The summed E-state index contributed by atoms with van der Waals surface area (Å²) in [6.45, 7) is 0. The molecule has 0 amide bonds. The van der Waals surface area contributed by atoms with Crippen molar-refractivity contribution in [1.82, 2.24) is 0 Å². The van der Waals surface area contributed by atoms with Crippen LogP contribution in [-0.4, -0.2) is 25.7 Å². The van der Waals surface area contributed by atoms with Crippen molar-refractivity contribution in [2.75, 3.05) is 29.4 Å². The quantitative estimate of drug-likeness (QED) is 0.275. The van der Waals surface area contributed by atoms with Crippen LogP contribution in [-0.2, 0) is 0 Å². The van der Waals surface area contributed by atoms with E-state index in [1.54, 1.807) is 0 Å². The lowest BCUT2D eigenvalue weighted by molar-refractivity contribution is -0.774. The fourth-order valence-corrected chi connectivity index (χ4v) is 8.33. The smallest absolute Gasteiger partial charge is 0.196 e. The normalized spacial score (nSPS) is 21.8. The third-order valence-electron chi connectivity index (χ3n) is 7.53. The number of benzene rings is 4. The highest BCUT2D eigenvalue weighted by Crippen LogP contribution is 2.65. The highest BCUT2D eigenvalue weighted by molar-refractivity contribution is 8.36. The van der Waals surface area contributed by atoms with Gasteiger partial charge in [-0.15, -0.1) is 0 Å². The summed E-state index contributed by atoms with van der Waals surface area (Å²) in [7, 11) is 1.16. The highest BCUT2D eigenvalue weighted by Gasteiger charge is 2.41. The number of fused-ring (bicyclic) bond motifs is 2. The molecule has 4 aromatic rings. The summed E-state index contributed by atoms with van der Waals surface area (Å²) in [6, 6.07) is 39.1. The number of allylic oxidation sites excluding steroid dienone is 4. The van der Waals surface area contributed by atoms with Crippen LogP contribution >= 0.6 is 10.0 Å². The van der Waals surface area contributed by atoms with E-state index >= 15 is 0 Å². The molecule has 0 fully saturated rings. The van der Waals surface area contributed by atoms with Crippen molar-refractivity contribution in [3.05, 3.63) is 145 Å². The van der Waals surface area contributed by atoms with Crippen molar-refractivity contribution in [2.24, 2.45) is 0 Å². The van der Waals surface area contributed by atoms with Crippen LogP contribution in [0.15, 0.2) is 149 Å². The lowest BCUT2D eigenvalue weighted by atomic mass is 10.2. The number of rotatable bonds is 5. The minimum atomic E-state index is -1.02. The summed E-state index contributed by atoms with van der Waals surface area (Å²) in [5.41, 5.74) is 6.32. The number of nitrogens with one attached hydrogen (secondary N) is 1. The Morgan fingerprint density at radius 1 is 0.684 bits per heavy atom. The Morgan fingerprint density at radius 2 is 1.32 bits per heavy atom. The first-order valence-corrected chi connectivity index (χ1v) is 15.5. The van der Waals surface area contributed by atoms with Crippen molar-refractivity contribution in [1.29, 1.82) is 0 Å². The maximum Gasteiger partial charge on any atom is 0.196 e. The zero-order valence-electron chi connectivity index (χ0n) is 22.2. The third kappa shape index (κ3) is 4.16. The van der Waals surface area contributed by atoms with Crippen molar-refractivity contribution < 1.29 is 4.90 Å². The average Bonchev–Trinajstić information content (AvgIpc) is 3.38. The van der Waals surface area contributed by atoms with Gasteiger partial charge in [0.2, 0.25) is 0 Å². The van der Waals surface area contributed by atoms with E-state index in [0.717, 1.165) is 0 Å². The first-order valence-electron chi connectivity index (χ1n) is 13.0. The molecule has 2 aliphatic rings. The van der Waals surface area contributed by atoms with Gasteiger partial charge in [0.05, 0.1) is 10.7 Å². The molecule has 0 saturated carbocycles. The van der Waals surface area contributed by atoms with Gasteiger partial charge in [-0.3, -0.25) is 4.90 Å². The van der Waals surface area contributed by atoms with E-state index in [-0.39, 0.29) is 6.17 Å². The van der Waals surface area contributed by atoms with Crippen LogP contribution in [0.1, 0.15) is 0 Å². The van der Waals surface area contributed by atoms with E-state index < -0.39 is 10.0 Å². The minimum Gasteiger partial charge on any atom is -0.339 e. The van der Waals surface area contributed by atoms with Gasteiger partial charge in [0.1, 0.15) is 11.4 Å². The largest absolute Gasteiger partial charge is 0.339 e. The number of hydrogen-bond donors (Lipinski definition) is 1. The zero-order chi connectivity index (χ0) is 26.1. The van der Waals surface area contributed by atoms with Crippen molar-refractivity contribution in [2.45, 2.75) is 11.1 Å². The number of nitrogens with zero attached hydrogens (tertiary/aromatic N) is 2. The summed E-state index contributed by atoms with van der Waals surface area (Å²) in [5, 5.41) is 1.39. The Labute approximate surface area is 228 Å². The number of hydrogen-bond acceptors (Lipinski definition) is 2. The molecule has 4 heteroatoms. The first kappa shape index (κ1) is 24.4. The van der Waals surface area contributed by atoms with Gasteiger partial charge in [-0.25, -0.2) is 4.90 Å². The molecule has 0 radical (unpaired) electrons. The Balaban J connectivity index is 1.34. The molecule has 0 aliphatic carbocycles. The van der Waals surface area contributed by atoms with Gasteiger partial charge in [0.15, 0.2) is 11.9 Å². The molecular weight excluding hydrogens is 482 g/mol. The molecule has 0 spiro atoms. The monoisotopic (exact) mass is 516 g/mol. The Bertz CT molecular complexity index is 1460. The minimum absolute atomic E-state index is 0.0926. The summed E-state index contributed by atoms with van der Waals surface area (Å²) < 4.78 is 0.